The fourth-order valence-electron chi connectivity index (χ4n) is 3.51. The Labute approximate surface area is 184 Å². The van der Waals surface area contributed by atoms with E-state index in [1.165, 1.54) is 6.20 Å². The smallest absolute Gasteiger partial charge is 0.410 e. The summed E-state index contributed by atoms with van der Waals surface area (Å²) >= 11 is 12.2. The Morgan fingerprint density at radius 2 is 1.90 bits per heavy atom. The molecule has 0 aliphatic carbocycles. The SMILES string of the molecule is CC(C)(C)OC(=O)N1CCC(c2ccc3c(-c4nc(Cl)ncc4Cl)cnn3n2)CC1. The van der Waals surface area contributed by atoms with Crippen molar-refractivity contribution in [2.45, 2.75) is 45.1 Å². The van der Waals surface area contributed by atoms with E-state index in [4.69, 9.17) is 27.9 Å². The molecule has 0 saturated carbocycles. The normalized spacial score (nSPS) is 15.6. The lowest BCUT2D eigenvalue weighted by Gasteiger charge is -2.33. The van der Waals surface area contributed by atoms with Crippen molar-refractivity contribution in [2.24, 2.45) is 0 Å². The third-order valence-electron chi connectivity index (χ3n) is 4.94. The highest BCUT2D eigenvalue weighted by atomic mass is 35.5. The van der Waals surface area contributed by atoms with E-state index < -0.39 is 5.60 Å². The van der Waals surface area contributed by atoms with E-state index in [9.17, 15) is 4.79 Å². The van der Waals surface area contributed by atoms with Gasteiger partial charge in [0.1, 0.15) is 5.60 Å². The van der Waals surface area contributed by atoms with Crippen LogP contribution in [0.4, 0.5) is 4.79 Å². The van der Waals surface area contributed by atoms with Crippen molar-refractivity contribution in [2.75, 3.05) is 13.1 Å². The van der Waals surface area contributed by atoms with Crippen LogP contribution in [0.15, 0.2) is 24.5 Å². The summed E-state index contributed by atoms with van der Waals surface area (Å²) < 4.78 is 7.05. The predicted octanol–water partition coefficient (Wildman–Crippen LogP) is 4.61. The summed E-state index contributed by atoms with van der Waals surface area (Å²) in [4.78, 5) is 22.1. The number of hydrogen-bond donors (Lipinski definition) is 0. The van der Waals surface area contributed by atoms with Crippen LogP contribution < -0.4 is 0 Å². The van der Waals surface area contributed by atoms with E-state index in [-0.39, 0.29) is 17.3 Å². The average molecular weight is 449 g/mol. The van der Waals surface area contributed by atoms with Crippen LogP contribution in [0.2, 0.25) is 10.3 Å². The van der Waals surface area contributed by atoms with Gasteiger partial charge in [0.25, 0.3) is 0 Å². The molecule has 8 nitrogen and oxygen atoms in total. The third-order valence-corrected chi connectivity index (χ3v) is 5.40. The number of rotatable bonds is 2. The first-order valence-corrected chi connectivity index (χ1v) is 10.5. The van der Waals surface area contributed by atoms with Crippen LogP contribution in [0.1, 0.15) is 45.2 Å². The number of piperidine rings is 1. The molecule has 0 radical (unpaired) electrons. The van der Waals surface area contributed by atoms with Crippen LogP contribution in [0.3, 0.4) is 0 Å². The first-order chi connectivity index (χ1) is 14.2. The Morgan fingerprint density at radius 1 is 1.17 bits per heavy atom. The van der Waals surface area contributed by atoms with Gasteiger partial charge in [-0.15, -0.1) is 0 Å². The molecular formula is C20H22Cl2N6O2. The van der Waals surface area contributed by atoms with Crippen molar-refractivity contribution in [3.8, 4) is 11.3 Å². The zero-order chi connectivity index (χ0) is 21.5. The fraction of sp³-hybridized carbons (Fsp3) is 0.450. The molecule has 0 spiro atoms. The fourth-order valence-corrected chi connectivity index (χ4v) is 3.84. The van der Waals surface area contributed by atoms with E-state index in [0.717, 1.165) is 29.6 Å². The van der Waals surface area contributed by atoms with Gasteiger partial charge in [0.05, 0.1) is 34.3 Å². The highest BCUT2D eigenvalue weighted by Gasteiger charge is 2.28. The summed E-state index contributed by atoms with van der Waals surface area (Å²) in [7, 11) is 0. The Kier molecular flexibility index (Phi) is 5.55. The Morgan fingerprint density at radius 3 is 2.60 bits per heavy atom. The third kappa shape index (κ3) is 4.34. The van der Waals surface area contributed by atoms with E-state index in [0.29, 0.717) is 23.8 Å². The van der Waals surface area contributed by atoms with Gasteiger partial charge in [-0.05, 0) is 57.3 Å². The van der Waals surface area contributed by atoms with E-state index in [1.807, 2.05) is 32.9 Å². The monoisotopic (exact) mass is 448 g/mol. The molecule has 1 aliphatic rings. The number of aromatic nitrogens is 5. The van der Waals surface area contributed by atoms with Crippen LogP contribution in [0.25, 0.3) is 16.8 Å². The standard InChI is InChI=1S/C20H22Cl2N6O2/c1-20(2,3)30-19(29)27-8-6-12(7-9-27)15-4-5-16-13(10-24-28(16)26-15)17-14(21)11-23-18(22)25-17/h4-5,10-12H,6-9H2,1-3H3. The molecule has 1 saturated heterocycles. The zero-order valence-electron chi connectivity index (χ0n) is 17.0. The molecule has 0 bridgehead atoms. The van der Waals surface area contributed by atoms with E-state index in [2.05, 4.69) is 20.2 Å². The Balaban J connectivity index is 1.51. The molecule has 3 aromatic heterocycles. The van der Waals surface area contributed by atoms with Gasteiger partial charge in [-0.2, -0.15) is 14.8 Å². The molecule has 3 aromatic rings. The summed E-state index contributed by atoms with van der Waals surface area (Å²) in [5, 5.41) is 9.56. The lowest BCUT2D eigenvalue weighted by molar-refractivity contribution is 0.0204. The molecular weight excluding hydrogens is 427 g/mol. The second kappa shape index (κ2) is 8.00. The molecule has 0 unspecified atom stereocenters. The van der Waals surface area contributed by atoms with Crippen molar-refractivity contribution < 1.29 is 9.53 Å². The zero-order valence-corrected chi connectivity index (χ0v) is 18.5. The lowest BCUT2D eigenvalue weighted by atomic mass is 9.93. The minimum atomic E-state index is -0.491. The number of nitrogens with zero attached hydrogens (tertiary/aromatic N) is 6. The Hall–Kier alpha value is -2.45. The maximum absolute atomic E-state index is 12.3. The predicted molar refractivity (Wildman–Crippen MR) is 114 cm³/mol. The molecule has 0 aromatic carbocycles. The van der Waals surface area contributed by atoms with Gasteiger partial charge in [0.2, 0.25) is 5.28 Å². The van der Waals surface area contributed by atoms with Crippen molar-refractivity contribution in [3.05, 3.63) is 40.5 Å². The topological polar surface area (TPSA) is 85.5 Å². The number of carbonyl (C=O) groups is 1. The summed E-state index contributed by atoms with van der Waals surface area (Å²) in [6.07, 6.45) is 4.51. The molecule has 0 atom stereocenters. The summed E-state index contributed by atoms with van der Waals surface area (Å²) in [5.41, 5.74) is 2.49. The van der Waals surface area contributed by atoms with Crippen molar-refractivity contribution in [1.29, 1.82) is 0 Å². The number of fused-ring (bicyclic) bond motifs is 1. The number of hydrogen-bond acceptors (Lipinski definition) is 6. The molecule has 0 N–H and O–H groups in total. The molecule has 158 valence electrons. The number of ether oxygens (including phenoxy) is 1. The van der Waals surface area contributed by atoms with Crippen molar-refractivity contribution in [3.63, 3.8) is 0 Å². The van der Waals surface area contributed by atoms with Gasteiger partial charge >= 0.3 is 6.09 Å². The molecule has 4 heterocycles. The first kappa shape index (κ1) is 20.8. The van der Waals surface area contributed by atoms with Crippen LogP contribution in [0.5, 0.6) is 0 Å². The maximum Gasteiger partial charge on any atom is 0.410 e. The summed E-state index contributed by atoms with van der Waals surface area (Å²) in [6, 6.07) is 3.95. The largest absolute Gasteiger partial charge is 0.444 e. The van der Waals surface area contributed by atoms with Crippen LogP contribution in [-0.2, 0) is 4.74 Å². The summed E-state index contributed by atoms with van der Waals surface area (Å²) in [5.74, 6) is 0.248. The maximum atomic E-state index is 12.3. The molecule has 1 amide bonds. The average Bonchev–Trinajstić information content (AvgIpc) is 3.11. The second-order valence-corrected chi connectivity index (χ2v) is 9.01. The van der Waals surface area contributed by atoms with E-state index >= 15 is 0 Å². The molecule has 1 aliphatic heterocycles. The molecule has 10 heteroatoms. The van der Waals surface area contributed by atoms with Crippen LogP contribution in [0, 0.1) is 0 Å². The molecule has 30 heavy (non-hydrogen) atoms. The van der Waals surface area contributed by atoms with Crippen molar-refractivity contribution >= 4 is 34.8 Å². The van der Waals surface area contributed by atoms with E-state index in [1.54, 1.807) is 15.7 Å². The lowest BCUT2D eigenvalue weighted by Crippen LogP contribution is -2.41. The molecule has 4 rings (SSSR count). The van der Waals surface area contributed by atoms with Crippen LogP contribution >= 0.6 is 23.2 Å². The number of halogens is 2. The second-order valence-electron chi connectivity index (χ2n) is 8.27. The number of carbonyl (C=O) groups excluding carboxylic acids is 1. The minimum Gasteiger partial charge on any atom is -0.444 e. The van der Waals surface area contributed by atoms with Gasteiger partial charge in [0, 0.05) is 24.6 Å². The van der Waals surface area contributed by atoms with Gasteiger partial charge in [0.15, 0.2) is 0 Å². The highest BCUT2D eigenvalue weighted by molar-refractivity contribution is 6.33. The highest BCUT2D eigenvalue weighted by Crippen LogP contribution is 2.31. The number of amides is 1. The van der Waals surface area contributed by atoms with Gasteiger partial charge < -0.3 is 9.64 Å². The minimum absolute atomic E-state index is 0.120. The van der Waals surface area contributed by atoms with Gasteiger partial charge in [-0.3, -0.25) is 0 Å². The van der Waals surface area contributed by atoms with Gasteiger partial charge in [-0.25, -0.2) is 14.8 Å². The number of likely N-dealkylation sites (tertiary alicyclic amines) is 1. The quantitative estimate of drug-likeness (QED) is 0.532. The van der Waals surface area contributed by atoms with Crippen LogP contribution in [-0.4, -0.2) is 54.5 Å². The van der Waals surface area contributed by atoms with Gasteiger partial charge in [-0.1, -0.05) is 11.6 Å². The van der Waals surface area contributed by atoms with Crippen molar-refractivity contribution in [1.82, 2.24) is 29.7 Å². The first-order valence-electron chi connectivity index (χ1n) is 9.72. The Bertz CT molecular complexity index is 1090. The molecule has 1 fully saturated rings. The summed E-state index contributed by atoms with van der Waals surface area (Å²) in [6.45, 7) is 6.89.